The minimum absolute atomic E-state index is 0.0743. The largest absolute Gasteiger partial charge is 0.396 e. The summed E-state index contributed by atoms with van der Waals surface area (Å²) >= 11 is 0. The molecule has 0 bridgehead atoms. The highest BCUT2D eigenvalue weighted by molar-refractivity contribution is 5.93. The minimum Gasteiger partial charge on any atom is -0.396 e. The zero-order valence-corrected chi connectivity index (χ0v) is 11.4. The van der Waals surface area contributed by atoms with Crippen LogP contribution in [-0.2, 0) is 0 Å². The number of aliphatic hydroxyl groups excluding tert-OH is 1. The van der Waals surface area contributed by atoms with Crippen molar-refractivity contribution in [3.63, 3.8) is 0 Å². The van der Waals surface area contributed by atoms with E-state index >= 15 is 0 Å². The van der Waals surface area contributed by atoms with Gasteiger partial charge in [0.15, 0.2) is 0 Å². The second kappa shape index (κ2) is 6.66. The van der Waals surface area contributed by atoms with Gasteiger partial charge in [-0.25, -0.2) is 0 Å². The van der Waals surface area contributed by atoms with E-state index in [1.807, 2.05) is 13.0 Å². The van der Waals surface area contributed by atoms with Gasteiger partial charge in [0.1, 0.15) is 0 Å². The Morgan fingerprint density at radius 2 is 2.11 bits per heavy atom. The number of amides is 1. The van der Waals surface area contributed by atoms with E-state index in [0.29, 0.717) is 23.9 Å². The Labute approximate surface area is 114 Å². The van der Waals surface area contributed by atoms with Gasteiger partial charge in [0.05, 0.1) is 5.56 Å². The van der Waals surface area contributed by atoms with Crippen LogP contribution in [0.25, 0.3) is 0 Å². The Hall–Kier alpha value is -1.42. The van der Waals surface area contributed by atoms with Gasteiger partial charge in [-0.3, -0.25) is 9.78 Å². The van der Waals surface area contributed by atoms with Crippen molar-refractivity contribution in [3.05, 3.63) is 29.6 Å². The van der Waals surface area contributed by atoms with E-state index in [9.17, 15) is 9.90 Å². The van der Waals surface area contributed by atoms with Gasteiger partial charge in [0.2, 0.25) is 0 Å². The number of aryl methyl sites for hydroxylation is 1. The van der Waals surface area contributed by atoms with Crippen molar-refractivity contribution in [2.75, 3.05) is 13.2 Å². The fourth-order valence-electron chi connectivity index (χ4n) is 2.72. The second-order valence-corrected chi connectivity index (χ2v) is 5.39. The first kappa shape index (κ1) is 14.0. The highest BCUT2D eigenvalue weighted by Gasteiger charge is 2.24. The van der Waals surface area contributed by atoms with Gasteiger partial charge in [0, 0.05) is 25.0 Å². The first-order chi connectivity index (χ1) is 9.20. The van der Waals surface area contributed by atoms with Crippen LogP contribution in [0.15, 0.2) is 18.3 Å². The summed E-state index contributed by atoms with van der Waals surface area (Å²) in [6.07, 6.45) is 6.16. The summed E-state index contributed by atoms with van der Waals surface area (Å²) in [5.74, 6) is 0.668. The fourth-order valence-corrected chi connectivity index (χ4v) is 2.72. The van der Waals surface area contributed by atoms with Crippen LogP contribution < -0.4 is 5.32 Å². The third kappa shape index (κ3) is 3.77. The summed E-state index contributed by atoms with van der Waals surface area (Å²) in [7, 11) is 0. The quantitative estimate of drug-likeness (QED) is 0.871. The van der Waals surface area contributed by atoms with Crippen molar-refractivity contribution in [2.24, 2.45) is 11.8 Å². The highest BCUT2D eigenvalue weighted by atomic mass is 16.3. The third-order valence-electron chi connectivity index (χ3n) is 4.00. The highest BCUT2D eigenvalue weighted by Crippen LogP contribution is 2.29. The number of rotatable bonds is 4. The number of carbonyl (C=O) groups is 1. The number of nitrogens with zero attached hydrogens (tertiary/aromatic N) is 1. The molecule has 1 aliphatic rings. The van der Waals surface area contributed by atoms with Crippen LogP contribution in [0, 0.1) is 18.8 Å². The lowest BCUT2D eigenvalue weighted by atomic mass is 9.79. The van der Waals surface area contributed by atoms with Crippen molar-refractivity contribution in [3.8, 4) is 0 Å². The molecule has 2 rings (SSSR count). The predicted molar refractivity (Wildman–Crippen MR) is 73.8 cm³/mol. The molecule has 1 aromatic rings. The maximum Gasteiger partial charge on any atom is 0.252 e. The molecule has 2 N–H and O–H groups in total. The molecule has 1 amide bonds. The number of aliphatic hydroxyl groups is 1. The average Bonchev–Trinajstić information content (AvgIpc) is 2.45. The standard InChI is InChI=1S/C15H22N2O2/c1-11-6-7-13(9-16-11)15(19)17-8-12-4-2-3-5-14(12)10-18/h6-7,9,12,14,18H,2-5,8,10H2,1H3,(H,17,19). The van der Waals surface area contributed by atoms with Crippen LogP contribution in [0.2, 0.25) is 0 Å². The molecule has 4 heteroatoms. The Kier molecular flexibility index (Phi) is 4.91. The zero-order chi connectivity index (χ0) is 13.7. The molecule has 0 radical (unpaired) electrons. The molecule has 1 heterocycles. The Morgan fingerprint density at radius 3 is 2.74 bits per heavy atom. The van der Waals surface area contributed by atoms with Crippen molar-refractivity contribution in [1.82, 2.24) is 10.3 Å². The number of nitrogens with one attached hydrogen (secondary N) is 1. The number of hydrogen-bond acceptors (Lipinski definition) is 3. The molecule has 104 valence electrons. The smallest absolute Gasteiger partial charge is 0.252 e. The molecule has 2 unspecified atom stereocenters. The lowest BCUT2D eigenvalue weighted by Crippen LogP contribution is -2.35. The van der Waals surface area contributed by atoms with Crippen LogP contribution in [0.5, 0.6) is 0 Å². The van der Waals surface area contributed by atoms with Crippen LogP contribution >= 0.6 is 0 Å². The topological polar surface area (TPSA) is 62.2 Å². The molecule has 1 saturated carbocycles. The molecule has 0 aliphatic heterocycles. The summed E-state index contributed by atoms with van der Waals surface area (Å²) in [5.41, 5.74) is 1.51. The van der Waals surface area contributed by atoms with Gasteiger partial charge >= 0.3 is 0 Å². The summed E-state index contributed by atoms with van der Waals surface area (Å²) < 4.78 is 0. The van der Waals surface area contributed by atoms with E-state index in [-0.39, 0.29) is 12.5 Å². The zero-order valence-electron chi connectivity index (χ0n) is 11.4. The Balaban J connectivity index is 1.87. The van der Waals surface area contributed by atoms with Crippen LogP contribution in [-0.4, -0.2) is 29.1 Å². The predicted octanol–water partition coefficient (Wildman–Crippen LogP) is 1.92. The van der Waals surface area contributed by atoms with E-state index in [1.165, 1.54) is 12.8 Å². The molecule has 1 aromatic heterocycles. The van der Waals surface area contributed by atoms with Crippen molar-refractivity contribution in [2.45, 2.75) is 32.6 Å². The number of hydrogen-bond donors (Lipinski definition) is 2. The molecule has 0 spiro atoms. The second-order valence-electron chi connectivity index (χ2n) is 5.39. The van der Waals surface area contributed by atoms with Crippen molar-refractivity contribution in [1.29, 1.82) is 0 Å². The van der Waals surface area contributed by atoms with Crippen molar-refractivity contribution < 1.29 is 9.90 Å². The monoisotopic (exact) mass is 262 g/mol. The van der Waals surface area contributed by atoms with E-state index in [0.717, 1.165) is 18.5 Å². The third-order valence-corrected chi connectivity index (χ3v) is 4.00. The molecule has 0 saturated heterocycles. The molecular formula is C15H22N2O2. The maximum absolute atomic E-state index is 12.0. The van der Waals surface area contributed by atoms with E-state index in [1.54, 1.807) is 12.3 Å². The fraction of sp³-hybridized carbons (Fsp3) is 0.600. The summed E-state index contributed by atoms with van der Waals surface area (Å²) in [6.45, 7) is 2.78. The number of carbonyl (C=O) groups excluding carboxylic acids is 1. The van der Waals surface area contributed by atoms with Gasteiger partial charge in [-0.15, -0.1) is 0 Å². The number of pyridine rings is 1. The van der Waals surface area contributed by atoms with Crippen LogP contribution in [0.1, 0.15) is 41.7 Å². The first-order valence-corrected chi connectivity index (χ1v) is 7.02. The summed E-state index contributed by atoms with van der Waals surface area (Å²) in [4.78, 5) is 16.1. The minimum atomic E-state index is -0.0743. The Bertz CT molecular complexity index is 417. The summed E-state index contributed by atoms with van der Waals surface area (Å²) in [5, 5.41) is 12.3. The van der Waals surface area contributed by atoms with Crippen LogP contribution in [0.3, 0.4) is 0 Å². The first-order valence-electron chi connectivity index (χ1n) is 7.02. The van der Waals surface area contributed by atoms with E-state index in [4.69, 9.17) is 0 Å². The van der Waals surface area contributed by atoms with Crippen LogP contribution in [0.4, 0.5) is 0 Å². The summed E-state index contributed by atoms with van der Waals surface area (Å²) in [6, 6.07) is 3.63. The van der Waals surface area contributed by atoms with Gasteiger partial charge in [-0.1, -0.05) is 12.8 Å². The molecule has 2 atom stereocenters. The SMILES string of the molecule is Cc1ccc(C(=O)NCC2CCCCC2CO)cn1. The molecule has 1 fully saturated rings. The molecule has 1 aliphatic carbocycles. The molecule has 4 nitrogen and oxygen atoms in total. The van der Waals surface area contributed by atoms with Crippen molar-refractivity contribution >= 4 is 5.91 Å². The molecule has 0 aromatic carbocycles. The average molecular weight is 262 g/mol. The lowest BCUT2D eigenvalue weighted by Gasteiger charge is -2.30. The van der Waals surface area contributed by atoms with Gasteiger partial charge in [0.25, 0.3) is 5.91 Å². The van der Waals surface area contributed by atoms with Gasteiger partial charge in [-0.05, 0) is 43.7 Å². The molecule has 19 heavy (non-hydrogen) atoms. The molecular weight excluding hydrogens is 240 g/mol. The lowest BCUT2D eigenvalue weighted by molar-refractivity contribution is 0.0909. The van der Waals surface area contributed by atoms with Gasteiger partial charge < -0.3 is 10.4 Å². The van der Waals surface area contributed by atoms with E-state index in [2.05, 4.69) is 10.3 Å². The van der Waals surface area contributed by atoms with E-state index < -0.39 is 0 Å². The van der Waals surface area contributed by atoms with Gasteiger partial charge in [-0.2, -0.15) is 0 Å². The number of aromatic nitrogens is 1. The Morgan fingerprint density at radius 1 is 1.37 bits per heavy atom. The normalized spacial score (nSPS) is 23.1. The maximum atomic E-state index is 12.0.